The number of benzene rings is 4. The fourth-order valence-electron chi connectivity index (χ4n) is 4.37. The van der Waals surface area contributed by atoms with Gasteiger partial charge in [-0.05, 0) is 47.7 Å². The molecule has 0 atom stereocenters. The Morgan fingerprint density at radius 1 is 0.811 bits per heavy atom. The Bertz CT molecular complexity index is 1410. The van der Waals surface area contributed by atoms with Crippen LogP contribution in [0.25, 0.3) is 22.4 Å². The molecule has 0 spiro atoms. The molecule has 4 heteroatoms. The van der Waals surface area contributed by atoms with Crippen LogP contribution >= 0.6 is 0 Å². The average Bonchev–Trinajstić information content (AvgIpc) is 2.95. The molecule has 4 aromatic carbocycles. The van der Waals surface area contributed by atoms with E-state index in [2.05, 4.69) is 55.5 Å². The Balaban J connectivity index is 1.84. The number of hydrogen-bond donors (Lipinski definition) is 1. The van der Waals surface area contributed by atoms with Gasteiger partial charge in [0.2, 0.25) is 0 Å². The molecular weight excluding hydrogens is 458 g/mol. The number of carbonyl (C=O) groups is 1. The number of nitrogens with zero attached hydrogens (tertiary/aromatic N) is 1. The van der Waals surface area contributed by atoms with Crippen molar-refractivity contribution >= 4 is 23.0 Å². The normalized spacial score (nSPS) is 12.1. The van der Waals surface area contributed by atoms with E-state index in [0.29, 0.717) is 5.75 Å². The van der Waals surface area contributed by atoms with E-state index in [1.54, 1.807) is 6.07 Å². The first kappa shape index (κ1) is 25.6. The molecule has 0 heterocycles. The Morgan fingerprint density at radius 2 is 1.46 bits per heavy atom. The molecule has 186 valence electrons. The lowest BCUT2D eigenvalue weighted by molar-refractivity contribution is -0.139. The highest BCUT2D eigenvalue weighted by molar-refractivity contribution is 6.08. The van der Waals surface area contributed by atoms with Gasteiger partial charge >= 0.3 is 5.97 Å². The Hall–Kier alpha value is -4.44. The largest absolute Gasteiger partial charge is 0.482 e. The SMILES string of the molecule is CCC/C(=C(\N=C(/C)c1ccccc1-c1cccc(OCC(=O)O)c1)c1ccccc1)c1ccccc1. The predicted molar refractivity (Wildman–Crippen MR) is 152 cm³/mol. The molecule has 0 amide bonds. The van der Waals surface area contributed by atoms with Gasteiger partial charge in [-0.2, -0.15) is 0 Å². The second-order valence-corrected chi connectivity index (χ2v) is 8.76. The standard InChI is InChI=1S/C33H31NO3/c1-3-13-31(25-14-6-4-7-15-25)33(26-16-8-5-9-17-26)34-24(2)29-20-10-11-21-30(29)27-18-12-19-28(22-27)37-23-32(35)36/h4-12,14-22H,3,13,23H2,1-2H3,(H,35,36)/b33-31+,34-24+. The lowest BCUT2D eigenvalue weighted by Gasteiger charge is -2.16. The van der Waals surface area contributed by atoms with Gasteiger partial charge in [0.05, 0.1) is 5.70 Å². The summed E-state index contributed by atoms with van der Waals surface area (Å²) in [5, 5.41) is 8.98. The summed E-state index contributed by atoms with van der Waals surface area (Å²) in [6.07, 6.45) is 1.92. The zero-order chi connectivity index (χ0) is 26.0. The summed E-state index contributed by atoms with van der Waals surface area (Å²) in [7, 11) is 0. The second-order valence-electron chi connectivity index (χ2n) is 8.76. The van der Waals surface area contributed by atoms with Crippen molar-refractivity contribution in [1.29, 1.82) is 0 Å². The summed E-state index contributed by atoms with van der Waals surface area (Å²) in [5.74, 6) is -0.487. The number of aliphatic carboxylic acids is 1. The molecule has 0 unspecified atom stereocenters. The molecular formula is C33H31NO3. The Kier molecular flexibility index (Phi) is 8.66. The third-order valence-electron chi connectivity index (χ3n) is 6.06. The second kappa shape index (κ2) is 12.5. The maximum atomic E-state index is 10.9. The summed E-state index contributed by atoms with van der Waals surface area (Å²) in [4.78, 5) is 16.2. The minimum Gasteiger partial charge on any atom is -0.482 e. The molecule has 1 N–H and O–H groups in total. The quantitative estimate of drug-likeness (QED) is 0.181. The lowest BCUT2D eigenvalue weighted by atomic mass is 9.94. The summed E-state index contributed by atoms with van der Waals surface area (Å²) in [6.45, 7) is 3.86. The Labute approximate surface area is 218 Å². The summed E-state index contributed by atoms with van der Waals surface area (Å²) in [5.41, 5.74) is 8.30. The molecule has 4 aromatic rings. The molecule has 0 fully saturated rings. The van der Waals surface area contributed by atoms with E-state index in [9.17, 15) is 4.79 Å². The van der Waals surface area contributed by atoms with Gasteiger partial charge in [0.15, 0.2) is 6.61 Å². The topological polar surface area (TPSA) is 58.9 Å². The van der Waals surface area contributed by atoms with E-state index < -0.39 is 5.97 Å². The minimum absolute atomic E-state index is 0.378. The van der Waals surface area contributed by atoms with Gasteiger partial charge in [-0.3, -0.25) is 4.99 Å². The fourth-order valence-corrected chi connectivity index (χ4v) is 4.37. The predicted octanol–water partition coefficient (Wildman–Crippen LogP) is 7.99. The molecule has 0 aliphatic rings. The molecule has 0 aromatic heterocycles. The average molecular weight is 490 g/mol. The molecule has 37 heavy (non-hydrogen) atoms. The molecule has 4 rings (SSSR count). The van der Waals surface area contributed by atoms with Crippen molar-refractivity contribution < 1.29 is 14.6 Å². The highest BCUT2D eigenvalue weighted by Crippen LogP contribution is 2.33. The number of aliphatic imine (C=N–C) groups is 1. The number of rotatable bonds is 10. The smallest absolute Gasteiger partial charge is 0.341 e. The van der Waals surface area contributed by atoms with Crippen LogP contribution in [0.15, 0.2) is 114 Å². The van der Waals surface area contributed by atoms with Crippen molar-refractivity contribution in [2.45, 2.75) is 26.7 Å². The number of carboxylic acids is 1. The van der Waals surface area contributed by atoms with Crippen molar-refractivity contribution in [2.75, 3.05) is 6.61 Å². The van der Waals surface area contributed by atoms with E-state index in [1.165, 1.54) is 11.1 Å². The van der Waals surface area contributed by atoms with Crippen molar-refractivity contribution in [3.8, 4) is 16.9 Å². The number of ether oxygens (including phenoxy) is 1. The molecule has 0 saturated heterocycles. The van der Waals surface area contributed by atoms with Gasteiger partial charge in [-0.1, -0.05) is 110 Å². The summed E-state index contributed by atoms with van der Waals surface area (Å²) in [6, 6.07) is 36.5. The molecule has 0 bridgehead atoms. The highest BCUT2D eigenvalue weighted by atomic mass is 16.5. The number of carboxylic acid groups (broad SMARTS) is 1. The number of hydrogen-bond acceptors (Lipinski definition) is 3. The third kappa shape index (κ3) is 6.62. The van der Waals surface area contributed by atoms with Crippen molar-refractivity contribution in [3.05, 3.63) is 126 Å². The van der Waals surface area contributed by atoms with Crippen LogP contribution in [0.1, 0.15) is 43.4 Å². The highest BCUT2D eigenvalue weighted by Gasteiger charge is 2.14. The van der Waals surface area contributed by atoms with Crippen molar-refractivity contribution in [1.82, 2.24) is 0 Å². The first-order valence-corrected chi connectivity index (χ1v) is 12.5. The fraction of sp³-hybridized carbons (Fsp3) is 0.152. The van der Waals surface area contributed by atoms with Crippen LogP contribution in [0, 0.1) is 0 Å². The van der Waals surface area contributed by atoms with Crippen LogP contribution in [-0.4, -0.2) is 23.4 Å². The first-order valence-electron chi connectivity index (χ1n) is 12.5. The van der Waals surface area contributed by atoms with Crippen molar-refractivity contribution in [3.63, 3.8) is 0 Å². The maximum absolute atomic E-state index is 10.9. The lowest BCUT2D eigenvalue weighted by Crippen LogP contribution is -2.09. The van der Waals surface area contributed by atoms with Gasteiger partial charge in [0, 0.05) is 16.8 Å². The van der Waals surface area contributed by atoms with Crippen LogP contribution in [-0.2, 0) is 4.79 Å². The van der Waals surface area contributed by atoms with Gasteiger partial charge in [-0.25, -0.2) is 4.79 Å². The van der Waals surface area contributed by atoms with Crippen molar-refractivity contribution in [2.24, 2.45) is 4.99 Å². The van der Waals surface area contributed by atoms with Crippen LogP contribution in [0.2, 0.25) is 0 Å². The van der Waals surface area contributed by atoms with Gasteiger partial charge < -0.3 is 9.84 Å². The maximum Gasteiger partial charge on any atom is 0.341 e. The van der Waals surface area contributed by atoms with E-state index in [0.717, 1.165) is 46.5 Å². The minimum atomic E-state index is -1.00. The zero-order valence-electron chi connectivity index (χ0n) is 21.2. The first-order chi connectivity index (χ1) is 18.1. The van der Waals surface area contributed by atoms with E-state index in [1.807, 2.05) is 61.5 Å². The van der Waals surface area contributed by atoms with E-state index in [-0.39, 0.29) is 6.61 Å². The summed E-state index contributed by atoms with van der Waals surface area (Å²) >= 11 is 0. The van der Waals surface area contributed by atoms with Crippen LogP contribution in [0.4, 0.5) is 0 Å². The molecule has 0 saturated carbocycles. The third-order valence-corrected chi connectivity index (χ3v) is 6.06. The zero-order valence-corrected chi connectivity index (χ0v) is 21.2. The van der Waals surface area contributed by atoms with Crippen LogP contribution in [0.3, 0.4) is 0 Å². The molecule has 0 aliphatic carbocycles. The molecule has 0 aliphatic heterocycles. The Morgan fingerprint density at radius 3 is 2.14 bits per heavy atom. The van der Waals surface area contributed by atoms with Gasteiger partial charge in [0.1, 0.15) is 5.75 Å². The van der Waals surface area contributed by atoms with Crippen LogP contribution < -0.4 is 4.74 Å². The van der Waals surface area contributed by atoms with E-state index in [4.69, 9.17) is 14.8 Å². The monoisotopic (exact) mass is 489 g/mol. The number of allylic oxidation sites excluding steroid dienone is 1. The van der Waals surface area contributed by atoms with Crippen LogP contribution in [0.5, 0.6) is 5.75 Å². The van der Waals surface area contributed by atoms with Gasteiger partial charge in [0.25, 0.3) is 0 Å². The van der Waals surface area contributed by atoms with E-state index >= 15 is 0 Å². The van der Waals surface area contributed by atoms with Gasteiger partial charge in [-0.15, -0.1) is 0 Å². The summed E-state index contributed by atoms with van der Waals surface area (Å²) < 4.78 is 5.42. The molecule has 4 nitrogen and oxygen atoms in total. The molecule has 0 radical (unpaired) electrons.